The van der Waals surface area contributed by atoms with Crippen molar-refractivity contribution in [1.29, 1.82) is 0 Å². The summed E-state index contributed by atoms with van der Waals surface area (Å²) in [5.74, 6) is -0.837. The number of nitrogens with zero attached hydrogens (tertiary/aromatic N) is 1. The molecule has 0 atom stereocenters. The Hall–Kier alpha value is -1.85. The van der Waals surface area contributed by atoms with E-state index in [0.29, 0.717) is 31.5 Å². The Balaban J connectivity index is 2.15. The summed E-state index contributed by atoms with van der Waals surface area (Å²) in [5, 5.41) is 3.79. The van der Waals surface area contributed by atoms with Crippen LogP contribution in [0.4, 0.5) is 0 Å². The maximum absolute atomic E-state index is 11.6. The van der Waals surface area contributed by atoms with Gasteiger partial charge in [-0.15, -0.1) is 5.06 Å². The minimum Gasteiger partial charge on any atom is -0.356 e. The lowest BCUT2D eigenvalue weighted by Gasteiger charge is -2.18. The molecule has 1 rings (SSSR count). The van der Waals surface area contributed by atoms with Gasteiger partial charge in [0, 0.05) is 25.8 Å². The molecule has 1 aliphatic heterocycles. The van der Waals surface area contributed by atoms with Crippen LogP contribution in [0, 0.1) is 5.41 Å². The summed E-state index contributed by atoms with van der Waals surface area (Å²) in [4.78, 5) is 39.6. The summed E-state index contributed by atoms with van der Waals surface area (Å²) < 4.78 is 0. The van der Waals surface area contributed by atoms with Crippen molar-refractivity contribution in [2.75, 3.05) is 6.54 Å². The van der Waals surface area contributed by atoms with E-state index < -0.39 is 5.97 Å². The Morgan fingerprint density at radius 1 is 1.27 bits per heavy atom. The summed E-state index contributed by atoms with van der Waals surface area (Å²) in [6.45, 7) is 10.6. The fourth-order valence-corrected chi connectivity index (χ4v) is 1.95. The Bertz CT molecular complexity index is 436. The van der Waals surface area contributed by atoms with Crippen LogP contribution in [0.1, 0.15) is 59.3 Å². The van der Waals surface area contributed by atoms with E-state index in [2.05, 4.69) is 32.7 Å². The molecule has 0 radical (unpaired) electrons. The van der Waals surface area contributed by atoms with Crippen molar-refractivity contribution >= 4 is 17.8 Å². The lowest BCUT2D eigenvalue weighted by atomic mass is 9.92. The first-order valence-electron chi connectivity index (χ1n) is 7.67. The van der Waals surface area contributed by atoms with Gasteiger partial charge in [0.05, 0.1) is 5.70 Å². The molecule has 1 aliphatic rings. The van der Waals surface area contributed by atoms with Gasteiger partial charge in [-0.05, 0) is 24.7 Å². The summed E-state index contributed by atoms with van der Waals surface area (Å²) in [6.07, 6.45) is 2.51. The fourth-order valence-electron chi connectivity index (χ4n) is 1.95. The van der Waals surface area contributed by atoms with Crippen LogP contribution in [0.5, 0.6) is 0 Å². The average molecular weight is 310 g/mol. The van der Waals surface area contributed by atoms with Crippen LogP contribution in [-0.4, -0.2) is 29.4 Å². The number of rotatable bonds is 7. The summed E-state index contributed by atoms with van der Waals surface area (Å²) in [6, 6.07) is 0. The highest BCUT2D eigenvalue weighted by Crippen LogP contribution is 2.21. The number of hydrogen-bond donors (Lipinski definition) is 1. The van der Waals surface area contributed by atoms with Crippen molar-refractivity contribution in [3.63, 3.8) is 0 Å². The molecule has 0 bridgehead atoms. The van der Waals surface area contributed by atoms with E-state index in [1.165, 1.54) is 0 Å². The lowest BCUT2D eigenvalue weighted by molar-refractivity contribution is -0.186. The minimum atomic E-state index is -0.515. The summed E-state index contributed by atoms with van der Waals surface area (Å²) in [7, 11) is 0. The Labute approximate surface area is 131 Å². The zero-order chi connectivity index (χ0) is 16.8. The van der Waals surface area contributed by atoms with Gasteiger partial charge in [-0.25, -0.2) is 4.79 Å². The molecule has 0 aromatic rings. The topological polar surface area (TPSA) is 75.7 Å². The van der Waals surface area contributed by atoms with E-state index in [1.807, 2.05) is 0 Å². The van der Waals surface area contributed by atoms with Gasteiger partial charge in [-0.3, -0.25) is 9.59 Å². The molecule has 0 aliphatic carbocycles. The van der Waals surface area contributed by atoms with Crippen LogP contribution < -0.4 is 5.32 Å². The first-order chi connectivity index (χ1) is 10.2. The molecular weight excluding hydrogens is 284 g/mol. The normalized spacial score (nSPS) is 15.1. The maximum atomic E-state index is 11.6. The van der Waals surface area contributed by atoms with Gasteiger partial charge in [0.1, 0.15) is 0 Å². The molecule has 1 N–H and O–H groups in total. The number of nitrogens with one attached hydrogen (secondary N) is 1. The van der Waals surface area contributed by atoms with Gasteiger partial charge >= 0.3 is 5.97 Å². The second kappa shape index (κ2) is 7.96. The first kappa shape index (κ1) is 18.2. The van der Waals surface area contributed by atoms with Gasteiger partial charge in [0.2, 0.25) is 5.91 Å². The van der Waals surface area contributed by atoms with Crippen LogP contribution in [0.25, 0.3) is 0 Å². The number of hydrogen-bond acceptors (Lipinski definition) is 4. The number of allylic oxidation sites excluding steroid dienone is 1. The smallest absolute Gasteiger partial charge is 0.333 e. The van der Waals surface area contributed by atoms with Gasteiger partial charge in [-0.2, -0.15) is 0 Å². The quantitative estimate of drug-likeness (QED) is 0.783. The maximum Gasteiger partial charge on any atom is 0.333 e. The highest BCUT2D eigenvalue weighted by atomic mass is 16.7. The standard InChI is InChI=1S/C16H26N2O4/c1-12-8-9-14(20)18(12)22-15(21)7-5-6-13(19)17-11-10-16(2,3)4/h1,5-11H2,2-4H3,(H,17,19). The number of amides is 2. The molecule has 2 amide bonds. The number of carbonyl (C=O) groups excluding carboxylic acids is 3. The van der Waals surface area contributed by atoms with E-state index in [0.717, 1.165) is 11.5 Å². The third-order valence-corrected chi connectivity index (χ3v) is 3.32. The van der Waals surface area contributed by atoms with Crippen LogP contribution in [-0.2, 0) is 19.2 Å². The molecule has 0 aromatic heterocycles. The average Bonchev–Trinajstić information content (AvgIpc) is 2.69. The minimum absolute atomic E-state index is 0.0706. The van der Waals surface area contributed by atoms with E-state index >= 15 is 0 Å². The zero-order valence-corrected chi connectivity index (χ0v) is 13.7. The van der Waals surface area contributed by atoms with Crippen molar-refractivity contribution < 1.29 is 19.2 Å². The summed E-state index contributed by atoms with van der Waals surface area (Å²) >= 11 is 0. The molecule has 0 unspecified atom stereocenters. The van der Waals surface area contributed by atoms with Crippen molar-refractivity contribution in [1.82, 2.24) is 10.4 Å². The van der Waals surface area contributed by atoms with E-state index in [4.69, 9.17) is 4.84 Å². The van der Waals surface area contributed by atoms with Crippen molar-refractivity contribution in [3.05, 3.63) is 12.3 Å². The van der Waals surface area contributed by atoms with Crippen molar-refractivity contribution in [2.45, 2.75) is 59.3 Å². The SMILES string of the molecule is C=C1CCC(=O)N1OC(=O)CCCC(=O)NCCC(C)(C)C. The lowest BCUT2D eigenvalue weighted by Crippen LogP contribution is -2.28. The number of hydroxylamine groups is 2. The molecule has 1 saturated heterocycles. The Kier molecular flexibility index (Phi) is 6.59. The molecule has 124 valence electrons. The highest BCUT2D eigenvalue weighted by molar-refractivity contribution is 5.82. The van der Waals surface area contributed by atoms with E-state index in [1.54, 1.807) is 0 Å². The largest absolute Gasteiger partial charge is 0.356 e. The van der Waals surface area contributed by atoms with Gasteiger partial charge in [0.25, 0.3) is 5.91 Å². The molecule has 0 saturated carbocycles. The molecule has 0 aromatic carbocycles. The van der Waals surface area contributed by atoms with Gasteiger partial charge in [-0.1, -0.05) is 27.4 Å². The van der Waals surface area contributed by atoms with Crippen LogP contribution in [0.2, 0.25) is 0 Å². The zero-order valence-electron chi connectivity index (χ0n) is 13.7. The Morgan fingerprint density at radius 2 is 1.95 bits per heavy atom. The fraction of sp³-hybridized carbons (Fsp3) is 0.688. The van der Waals surface area contributed by atoms with Crippen molar-refractivity contribution in [3.8, 4) is 0 Å². The molecule has 6 nitrogen and oxygen atoms in total. The molecule has 0 spiro atoms. The summed E-state index contributed by atoms with van der Waals surface area (Å²) in [5.41, 5.74) is 0.681. The highest BCUT2D eigenvalue weighted by Gasteiger charge is 2.27. The third kappa shape index (κ3) is 6.74. The molecule has 6 heteroatoms. The molecule has 1 heterocycles. The third-order valence-electron chi connectivity index (χ3n) is 3.32. The van der Waals surface area contributed by atoms with Crippen LogP contribution >= 0.6 is 0 Å². The van der Waals surface area contributed by atoms with Gasteiger partial charge < -0.3 is 10.2 Å². The predicted octanol–water partition coefficient (Wildman–Crippen LogP) is 2.30. The number of carbonyl (C=O) groups is 3. The monoisotopic (exact) mass is 310 g/mol. The van der Waals surface area contributed by atoms with Gasteiger partial charge in [0.15, 0.2) is 0 Å². The second-order valence-corrected chi connectivity index (χ2v) is 6.73. The second-order valence-electron chi connectivity index (χ2n) is 6.73. The molecule has 1 fully saturated rings. The Morgan fingerprint density at radius 3 is 2.50 bits per heavy atom. The first-order valence-corrected chi connectivity index (χ1v) is 7.67. The van der Waals surface area contributed by atoms with E-state index in [-0.39, 0.29) is 30.1 Å². The molecule has 22 heavy (non-hydrogen) atoms. The van der Waals surface area contributed by atoms with Crippen molar-refractivity contribution in [2.24, 2.45) is 5.41 Å². The predicted molar refractivity (Wildman–Crippen MR) is 82.2 cm³/mol. The van der Waals surface area contributed by atoms with Crippen LogP contribution in [0.15, 0.2) is 12.3 Å². The molecular formula is C16H26N2O4. The van der Waals surface area contributed by atoms with E-state index in [9.17, 15) is 14.4 Å². The van der Waals surface area contributed by atoms with Crippen LogP contribution in [0.3, 0.4) is 0 Å².